The monoisotopic (exact) mass is 296 g/mol. The molecule has 2 aliphatic rings. The molecule has 6 nitrogen and oxygen atoms in total. The van der Waals surface area contributed by atoms with Gasteiger partial charge >= 0.3 is 12.0 Å². The average molecular weight is 296 g/mol. The largest absolute Gasteiger partial charge is 0.481 e. The molecule has 1 aliphatic heterocycles. The number of carbonyl (C=O) groups is 2. The molecule has 1 fully saturated rings. The van der Waals surface area contributed by atoms with Crippen molar-refractivity contribution in [2.24, 2.45) is 11.8 Å². The first-order valence-electron chi connectivity index (χ1n) is 7.54. The molecule has 2 rings (SSSR count). The van der Waals surface area contributed by atoms with Crippen molar-refractivity contribution in [1.82, 2.24) is 10.2 Å². The highest BCUT2D eigenvalue weighted by Gasteiger charge is 2.33. The molecule has 21 heavy (non-hydrogen) atoms. The lowest BCUT2D eigenvalue weighted by Crippen LogP contribution is -2.44. The van der Waals surface area contributed by atoms with Gasteiger partial charge in [0.1, 0.15) is 0 Å². The van der Waals surface area contributed by atoms with Crippen LogP contribution in [0.4, 0.5) is 4.79 Å². The molecule has 0 radical (unpaired) electrons. The van der Waals surface area contributed by atoms with Gasteiger partial charge in [-0.15, -0.1) is 0 Å². The second-order valence-corrected chi connectivity index (χ2v) is 5.81. The van der Waals surface area contributed by atoms with Gasteiger partial charge in [-0.25, -0.2) is 4.79 Å². The van der Waals surface area contributed by atoms with Crippen molar-refractivity contribution in [3.05, 3.63) is 11.6 Å². The van der Waals surface area contributed by atoms with Crippen molar-refractivity contribution < 1.29 is 19.4 Å². The molecule has 1 saturated carbocycles. The van der Waals surface area contributed by atoms with Crippen molar-refractivity contribution in [3.63, 3.8) is 0 Å². The molecule has 0 saturated heterocycles. The minimum Gasteiger partial charge on any atom is -0.481 e. The number of nitrogens with one attached hydrogen (secondary N) is 1. The van der Waals surface area contributed by atoms with Crippen LogP contribution in [0.3, 0.4) is 0 Å². The van der Waals surface area contributed by atoms with Crippen LogP contribution in [-0.4, -0.2) is 55.4 Å². The van der Waals surface area contributed by atoms with E-state index in [4.69, 9.17) is 9.84 Å². The van der Waals surface area contributed by atoms with Crippen molar-refractivity contribution in [2.45, 2.75) is 25.7 Å². The lowest BCUT2D eigenvalue weighted by atomic mass is 9.96. The number of carboxylic acids is 1. The highest BCUT2D eigenvalue weighted by molar-refractivity contribution is 5.75. The van der Waals surface area contributed by atoms with Gasteiger partial charge in [-0.05, 0) is 30.8 Å². The molecule has 6 heteroatoms. The first kappa shape index (κ1) is 15.8. The SMILES string of the molecule is COCC1=CCN(C(=O)NCC2CCCC2C(=O)O)CC1. The van der Waals surface area contributed by atoms with Gasteiger partial charge in [0.15, 0.2) is 0 Å². The Morgan fingerprint density at radius 1 is 1.48 bits per heavy atom. The van der Waals surface area contributed by atoms with Gasteiger partial charge in [0, 0.05) is 26.7 Å². The maximum absolute atomic E-state index is 12.1. The third kappa shape index (κ3) is 4.20. The van der Waals surface area contributed by atoms with Crippen LogP contribution in [-0.2, 0) is 9.53 Å². The number of amides is 2. The van der Waals surface area contributed by atoms with Crippen LogP contribution in [0.15, 0.2) is 11.6 Å². The number of aliphatic carboxylic acids is 1. The number of urea groups is 1. The summed E-state index contributed by atoms with van der Waals surface area (Å²) in [5.41, 5.74) is 1.23. The maximum Gasteiger partial charge on any atom is 0.317 e. The van der Waals surface area contributed by atoms with Crippen LogP contribution in [0.25, 0.3) is 0 Å². The standard InChI is InChI=1S/C15H24N2O4/c1-21-10-11-5-7-17(8-6-11)15(20)16-9-12-3-2-4-13(12)14(18)19/h5,12-13H,2-4,6-10H2,1H3,(H,16,20)(H,18,19). The van der Waals surface area contributed by atoms with E-state index in [2.05, 4.69) is 5.32 Å². The first-order chi connectivity index (χ1) is 10.1. The topological polar surface area (TPSA) is 78.9 Å². The highest BCUT2D eigenvalue weighted by Crippen LogP contribution is 2.31. The summed E-state index contributed by atoms with van der Waals surface area (Å²) in [5, 5.41) is 12.0. The van der Waals surface area contributed by atoms with E-state index in [9.17, 15) is 9.59 Å². The summed E-state index contributed by atoms with van der Waals surface area (Å²) >= 11 is 0. The van der Waals surface area contributed by atoms with E-state index in [0.29, 0.717) is 26.2 Å². The van der Waals surface area contributed by atoms with Crippen LogP contribution in [0.5, 0.6) is 0 Å². The number of hydrogen-bond acceptors (Lipinski definition) is 3. The van der Waals surface area contributed by atoms with E-state index in [0.717, 1.165) is 25.7 Å². The van der Waals surface area contributed by atoms with Crippen molar-refractivity contribution in [2.75, 3.05) is 33.4 Å². The minimum absolute atomic E-state index is 0.0656. The highest BCUT2D eigenvalue weighted by atomic mass is 16.5. The lowest BCUT2D eigenvalue weighted by molar-refractivity contribution is -0.142. The smallest absolute Gasteiger partial charge is 0.317 e. The number of ether oxygens (including phenoxy) is 1. The predicted octanol–water partition coefficient (Wildman–Crippen LogP) is 1.48. The molecule has 2 atom stereocenters. The van der Waals surface area contributed by atoms with Gasteiger partial charge in [0.2, 0.25) is 0 Å². The van der Waals surface area contributed by atoms with Gasteiger partial charge in [-0.3, -0.25) is 4.79 Å². The number of carboxylic acid groups (broad SMARTS) is 1. The van der Waals surface area contributed by atoms with Gasteiger partial charge < -0.3 is 20.1 Å². The molecule has 0 spiro atoms. The number of rotatable bonds is 5. The van der Waals surface area contributed by atoms with Crippen molar-refractivity contribution >= 4 is 12.0 Å². The van der Waals surface area contributed by atoms with E-state index in [-0.39, 0.29) is 17.9 Å². The first-order valence-corrected chi connectivity index (χ1v) is 7.54. The molecule has 1 heterocycles. The normalized spacial score (nSPS) is 25.6. The van der Waals surface area contributed by atoms with Crippen LogP contribution >= 0.6 is 0 Å². The van der Waals surface area contributed by atoms with Crippen LogP contribution < -0.4 is 5.32 Å². The zero-order valence-electron chi connectivity index (χ0n) is 12.5. The molecule has 2 N–H and O–H groups in total. The molecule has 2 unspecified atom stereocenters. The Labute approximate surface area is 125 Å². The van der Waals surface area contributed by atoms with Gasteiger partial charge in [0.25, 0.3) is 0 Å². The molecule has 118 valence electrons. The molecule has 0 bridgehead atoms. The van der Waals surface area contributed by atoms with Gasteiger partial charge in [0.05, 0.1) is 12.5 Å². The Balaban J connectivity index is 1.76. The lowest BCUT2D eigenvalue weighted by Gasteiger charge is -2.27. The van der Waals surface area contributed by atoms with Crippen LogP contribution in [0.1, 0.15) is 25.7 Å². The zero-order valence-corrected chi connectivity index (χ0v) is 12.5. The third-order valence-corrected chi connectivity index (χ3v) is 4.41. The Morgan fingerprint density at radius 3 is 2.90 bits per heavy atom. The number of hydrogen-bond donors (Lipinski definition) is 2. The zero-order chi connectivity index (χ0) is 15.2. The number of methoxy groups -OCH3 is 1. The molecular weight excluding hydrogens is 272 g/mol. The summed E-state index contributed by atoms with van der Waals surface area (Å²) in [6.07, 6.45) is 5.41. The molecule has 1 aliphatic carbocycles. The summed E-state index contributed by atoms with van der Waals surface area (Å²) in [6, 6.07) is -0.0984. The minimum atomic E-state index is -0.739. The van der Waals surface area contributed by atoms with E-state index >= 15 is 0 Å². The van der Waals surface area contributed by atoms with Crippen LogP contribution in [0.2, 0.25) is 0 Å². The molecular formula is C15H24N2O4. The van der Waals surface area contributed by atoms with E-state index < -0.39 is 5.97 Å². The van der Waals surface area contributed by atoms with Gasteiger partial charge in [-0.1, -0.05) is 12.5 Å². The van der Waals surface area contributed by atoms with E-state index in [1.54, 1.807) is 12.0 Å². The summed E-state index contributed by atoms with van der Waals surface area (Å²) in [6.45, 7) is 2.37. The number of carbonyl (C=O) groups excluding carboxylic acids is 1. The average Bonchev–Trinajstić information content (AvgIpc) is 2.94. The third-order valence-electron chi connectivity index (χ3n) is 4.41. The fourth-order valence-electron chi connectivity index (χ4n) is 3.15. The molecule has 0 aromatic carbocycles. The van der Waals surface area contributed by atoms with E-state index in [1.807, 2.05) is 6.08 Å². The Kier molecular flexibility index (Phi) is 5.61. The summed E-state index contributed by atoms with van der Waals surface area (Å²) in [7, 11) is 1.67. The molecule has 0 aromatic rings. The summed E-state index contributed by atoms with van der Waals surface area (Å²) in [5.74, 6) is -0.979. The van der Waals surface area contributed by atoms with Gasteiger partial charge in [-0.2, -0.15) is 0 Å². The second kappa shape index (κ2) is 7.45. The number of nitrogens with zero attached hydrogens (tertiary/aromatic N) is 1. The van der Waals surface area contributed by atoms with Crippen LogP contribution in [0, 0.1) is 11.8 Å². The molecule has 2 amide bonds. The Bertz CT molecular complexity index is 422. The maximum atomic E-state index is 12.1. The predicted molar refractivity (Wildman–Crippen MR) is 78.0 cm³/mol. The summed E-state index contributed by atoms with van der Waals surface area (Å²) in [4.78, 5) is 25.0. The molecule has 0 aromatic heterocycles. The van der Waals surface area contributed by atoms with Crippen molar-refractivity contribution in [1.29, 1.82) is 0 Å². The Hall–Kier alpha value is -1.56. The quantitative estimate of drug-likeness (QED) is 0.753. The fourth-order valence-corrected chi connectivity index (χ4v) is 3.15. The van der Waals surface area contributed by atoms with Crippen molar-refractivity contribution in [3.8, 4) is 0 Å². The fraction of sp³-hybridized carbons (Fsp3) is 0.733. The second-order valence-electron chi connectivity index (χ2n) is 5.81. The Morgan fingerprint density at radius 2 is 2.29 bits per heavy atom. The summed E-state index contributed by atoms with van der Waals surface area (Å²) < 4.78 is 5.08. The van der Waals surface area contributed by atoms with E-state index in [1.165, 1.54) is 5.57 Å².